The van der Waals surface area contributed by atoms with Crippen LogP contribution in [0.5, 0.6) is 0 Å². The second-order valence-corrected chi connectivity index (χ2v) is 3.77. The third-order valence-electron chi connectivity index (χ3n) is 2.99. The van der Waals surface area contributed by atoms with Crippen LogP contribution < -0.4 is 0 Å². The van der Waals surface area contributed by atoms with E-state index in [-0.39, 0.29) is 6.04 Å². The van der Waals surface area contributed by atoms with Crippen LogP contribution in [0.4, 0.5) is 0 Å². The fourth-order valence-corrected chi connectivity index (χ4v) is 2.29. The highest BCUT2D eigenvalue weighted by Gasteiger charge is 2.55. The SMILES string of the molecule is O=C1CCC2C1N2Cc1ccco1. The van der Waals surface area contributed by atoms with E-state index in [1.807, 2.05) is 12.1 Å². The first kappa shape index (κ1) is 7.33. The molecule has 0 aromatic carbocycles. The molecular formula is C10H11NO2. The van der Waals surface area contributed by atoms with Crippen molar-refractivity contribution in [3.8, 4) is 0 Å². The quantitative estimate of drug-likeness (QED) is 0.636. The van der Waals surface area contributed by atoms with Crippen LogP contribution in [-0.4, -0.2) is 22.8 Å². The number of ketones is 1. The van der Waals surface area contributed by atoms with Gasteiger partial charge in [-0.25, -0.2) is 0 Å². The summed E-state index contributed by atoms with van der Waals surface area (Å²) in [6.07, 6.45) is 3.50. The van der Waals surface area contributed by atoms with E-state index in [0.717, 1.165) is 25.1 Å². The van der Waals surface area contributed by atoms with Crippen molar-refractivity contribution < 1.29 is 9.21 Å². The number of fused-ring (bicyclic) bond motifs is 1. The van der Waals surface area contributed by atoms with Gasteiger partial charge in [-0.1, -0.05) is 0 Å². The molecule has 3 unspecified atom stereocenters. The Bertz CT molecular complexity index is 331. The second-order valence-electron chi connectivity index (χ2n) is 3.77. The van der Waals surface area contributed by atoms with Crippen molar-refractivity contribution >= 4 is 5.78 Å². The average molecular weight is 177 g/mol. The van der Waals surface area contributed by atoms with Gasteiger partial charge >= 0.3 is 0 Å². The van der Waals surface area contributed by atoms with E-state index in [2.05, 4.69) is 4.90 Å². The lowest BCUT2D eigenvalue weighted by Gasteiger charge is -2.03. The number of hydrogen-bond acceptors (Lipinski definition) is 3. The molecule has 1 aliphatic carbocycles. The molecule has 0 amide bonds. The number of Topliss-reactive ketones (excluding diaryl/α,β-unsaturated/α-hetero) is 1. The predicted octanol–water partition coefficient (Wildman–Crippen LogP) is 1.20. The fourth-order valence-electron chi connectivity index (χ4n) is 2.29. The van der Waals surface area contributed by atoms with Crippen LogP contribution in [0, 0.1) is 0 Å². The zero-order chi connectivity index (χ0) is 8.84. The molecule has 1 saturated carbocycles. The van der Waals surface area contributed by atoms with E-state index in [1.54, 1.807) is 6.26 Å². The Labute approximate surface area is 76.3 Å². The number of hydrogen-bond donors (Lipinski definition) is 0. The Hall–Kier alpha value is -1.09. The van der Waals surface area contributed by atoms with Crippen LogP contribution in [0.3, 0.4) is 0 Å². The van der Waals surface area contributed by atoms with Crippen LogP contribution in [0.15, 0.2) is 22.8 Å². The zero-order valence-corrected chi connectivity index (χ0v) is 7.27. The number of carbonyl (C=O) groups is 1. The summed E-state index contributed by atoms with van der Waals surface area (Å²) in [5.74, 6) is 1.37. The van der Waals surface area contributed by atoms with Gasteiger partial charge in [-0.3, -0.25) is 9.69 Å². The fraction of sp³-hybridized carbons (Fsp3) is 0.500. The summed E-state index contributed by atoms with van der Waals surface area (Å²) in [4.78, 5) is 13.5. The Balaban J connectivity index is 1.69. The molecule has 0 spiro atoms. The lowest BCUT2D eigenvalue weighted by molar-refractivity contribution is -0.118. The summed E-state index contributed by atoms with van der Waals surface area (Å²) in [6.45, 7) is 0.800. The molecule has 1 aromatic heterocycles. The third kappa shape index (κ3) is 1.04. The van der Waals surface area contributed by atoms with Gasteiger partial charge in [0, 0.05) is 12.5 Å². The molecule has 3 heteroatoms. The maximum Gasteiger partial charge on any atom is 0.151 e. The minimum absolute atomic E-state index is 0.227. The summed E-state index contributed by atoms with van der Waals surface area (Å²) in [7, 11) is 0. The number of carbonyl (C=O) groups excluding carboxylic acids is 1. The topological polar surface area (TPSA) is 33.2 Å². The molecular weight excluding hydrogens is 166 g/mol. The van der Waals surface area contributed by atoms with E-state index in [9.17, 15) is 4.79 Å². The van der Waals surface area contributed by atoms with Crippen molar-refractivity contribution in [2.45, 2.75) is 31.5 Å². The number of nitrogens with zero attached hydrogens (tertiary/aromatic N) is 1. The Morgan fingerprint density at radius 1 is 1.62 bits per heavy atom. The molecule has 0 bridgehead atoms. The number of piperidine rings is 1. The summed E-state index contributed by atoms with van der Waals surface area (Å²) in [5, 5.41) is 0. The van der Waals surface area contributed by atoms with Gasteiger partial charge in [-0.2, -0.15) is 0 Å². The van der Waals surface area contributed by atoms with Gasteiger partial charge in [0.25, 0.3) is 0 Å². The van der Waals surface area contributed by atoms with Gasteiger partial charge in [0.2, 0.25) is 0 Å². The molecule has 3 rings (SSSR count). The monoisotopic (exact) mass is 177 g/mol. The van der Waals surface area contributed by atoms with E-state index < -0.39 is 0 Å². The average Bonchev–Trinajstić information content (AvgIpc) is 2.52. The number of likely N-dealkylation sites (tertiary alicyclic amines) is 1. The molecule has 0 N–H and O–H groups in total. The Kier molecular flexibility index (Phi) is 1.38. The smallest absolute Gasteiger partial charge is 0.151 e. The molecule has 2 aliphatic rings. The van der Waals surface area contributed by atoms with Crippen molar-refractivity contribution in [2.75, 3.05) is 0 Å². The molecule has 13 heavy (non-hydrogen) atoms. The van der Waals surface area contributed by atoms with Crippen molar-refractivity contribution in [3.63, 3.8) is 0 Å². The molecule has 1 aromatic rings. The molecule has 68 valence electrons. The third-order valence-corrected chi connectivity index (χ3v) is 2.99. The highest BCUT2D eigenvalue weighted by atomic mass is 16.3. The van der Waals surface area contributed by atoms with Crippen molar-refractivity contribution in [2.24, 2.45) is 0 Å². The first-order chi connectivity index (χ1) is 6.36. The van der Waals surface area contributed by atoms with Crippen molar-refractivity contribution in [1.82, 2.24) is 4.90 Å². The highest BCUT2D eigenvalue weighted by Crippen LogP contribution is 2.40. The summed E-state index contributed by atoms with van der Waals surface area (Å²) in [6, 6.07) is 4.59. The van der Waals surface area contributed by atoms with Crippen LogP contribution in [0.1, 0.15) is 18.6 Å². The molecule has 1 saturated heterocycles. The maximum absolute atomic E-state index is 11.3. The van der Waals surface area contributed by atoms with Gasteiger partial charge in [0.1, 0.15) is 5.76 Å². The molecule has 2 heterocycles. The van der Waals surface area contributed by atoms with Crippen LogP contribution in [0.2, 0.25) is 0 Å². The van der Waals surface area contributed by atoms with Crippen LogP contribution >= 0.6 is 0 Å². The lowest BCUT2D eigenvalue weighted by Crippen LogP contribution is -2.12. The van der Waals surface area contributed by atoms with E-state index in [0.29, 0.717) is 11.8 Å². The molecule has 3 atom stereocenters. The lowest BCUT2D eigenvalue weighted by atomic mass is 10.3. The Morgan fingerprint density at radius 2 is 2.54 bits per heavy atom. The van der Waals surface area contributed by atoms with Gasteiger partial charge < -0.3 is 4.42 Å². The van der Waals surface area contributed by atoms with Gasteiger partial charge in [-0.05, 0) is 18.6 Å². The van der Waals surface area contributed by atoms with Crippen LogP contribution in [-0.2, 0) is 11.3 Å². The van der Waals surface area contributed by atoms with Gasteiger partial charge in [-0.15, -0.1) is 0 Å². The van der Waals surface area contributed by atoms with Crippen molar-refractivity contribution in [3.05, 3.63) is 24.2 Å². The normalized spacial score (nSPS) is 36.3. The molecule has 2 fully saturated rings. The van der Waals surface area contributed by atoms with Crippen molar-refractivity contribution in [1.29, 1.82) is 0 Å². The summed E-state index contributed by atoms with van der Waals surface area (Å²) < 4.78 is 5.23. The predicted molar refractivity (Wildman–Crippen MR) is 46.1 cm³/mol. The molecule has 1 aliphatic heterocycles. The minimum atomic E-state index is 0.227. The summed E-state index contributed by atoms with van der Waals surface area (Å²) in [5.41, 5.74) is 0. The standard InChI is InChI=1S/C10H11NO2/c12-9-4-3-8-10(9)11(8)6-7-2-1-5-13-7/h1-2,5,8,10H,3-4,6H2. The molecule has 3 nitrogen and oxygen atoms in total. The van der Waals surface area contributed by atoms with E-state index in [1.165, 1.54) is 0 Å². The van der Waals surface area contributed by atoms with Gasteiger partial charge in [0.05, 0.1) is 18.8 Å². The van der Waals surface area contributed by atoms with Gasteiger partial charge in [0.15, 0.2) is 5.78 Å². The number of rotatable bonds is 2. The highest BCUT2D eigenvalue weighted by molar-refractivity contribution is 5.90. The maximum atomic E-state index is 11.3. The number of furan rings is 1. The zero-order valence-electron chi connectivity index (χ0n) is 7.27. The first-order valence-corrected chi connectivity index (χ1v) is 4.67. The van der Waals surface area contributed by atoms with Crippen LogP contribution in [0.25, 0.3) is 0 Å². The summed E-state index contributed by atoms with van der Waals surface area (Å²) >= 11 is 0. The first-order valence-electron chi connectivity index (χ1n) is 4.67. The largest absolute Gasteiger partial charge is 0.468 e. The molecule has 0 radical (unpaired) electrons. The minimum Gasteiger partial charge on any atom is -0.468 e. The van der Waals surface area contributed by atoms with E-state index in [4.69, 9.17) is 4.42 Å². The van der Waals surface area contributed by atoms with E-state index >= 15 is 0 Å². The second kappa shape index (κ2) is 2.45. The Morgan fingerprint density at radius 3 is 3.15 bits per heavy atom.